The van der Waals surface area contributed by atoms with E-state index < -0.39 is 139 Å². The molecule has 16 nitrogen and oxygen atoms in total. The van der Waals surface area contributed by atoms with Crippen LogP contribution in [0.5, 0.6) is 0 Å². The molecule has 0 atom stereocenters. The number of rotatable bonds is 23. The summed E-state index contributed by atoms with van der Waals surface area (Å²) >= 11 is 0. The van der Waals surface area contributed by atoms with Crippen molar-refractivity contribution in [3.63, 3.8) is 0 Å². The standard InChI is InChI=1S/C37H50O16Si/c1-37(2,3)54(29-10-6-4-7-11-29,30-12-8-5-9-13-30)53-36(47)19-18-35(46)52-28(24-48-31(42)14-16-33(44)50-26(20-38)21-39)25-49-32(43)15-17-34(45)51-27(22-40)23-41/h4-13,26-28,38-41H,14-25H2,1-3H3. The number of hydrogen-bond donors (Lipinski definition) is 4. The molecule has 17 heteroatoms. The maximum absolute atomic E-state index is 13.5. The van der Waals surface area contributed by atoms with Crippen molar-refractivity contribution >= 4 is 54.5 Å². The van der Waals surface area contributed by atoms with E-state index in [0.29, 0.717) is 0 Å². The molecule has 0 amide bonds. The van der Waals surface area contributed by atoms with E-state index in [4.69, 9.17) is 48.5 Å². The third kappa shape index (κ3) is 15.0. The van der Waals surface area contributed by atoms with Crippen LogP contribution in [0.1, 0.15) is 59.3 Å². The second kappa shape index (κ2) is 23.2. The van der Waals surface area contributed by atoms with E-state index >= 15 is 0 Å². The first-order valence-electron chi connectivity index (χ1n) is 17.3. The largest absolute Gasteiger partial charge is 0.510 e. The first-order chi connectivity index (χ1) is 25.7. The van der Waals surface area contributed by atoms with Crippen LogP contribution < -0.4 is 10.4 Å². The van der Waals surface area contributed by atoms with Crippen molar-refractivity contribution in [2.75, 3.05) is 39.6 Å². The molecule has 0 radical (unpaired) electrons. The summed E-state index contributed by atoms with van der Waals surface area (Å²) in [5, 5.41) is 37.4. The average Bonchev–Trinajstić information content (AvgIpc) is 3.16. The summed E-state index contributed by atoms with van der Waals surface area (Å²) in [5.41, 5.74) is 0. The molecule has 0 aliphatic heterocycles. The minimum Gasteiger partial charge on any atom is -0.510 e. The van der Waals surface area contributed by atoms with E-state index in [1.54, 1.807) is 0 Å². The summed E-state index contributed by atoms with van der Waals surface area (Å²) in [6, 6.07) is 18.8. The van der Waals surface area contributed by atoms with E-state index in [0.717, 1.165) is 10.4 Å². The zero-order chi connectivity index (χ0) is 40.1. The molecular weight excluding hydrogens is 728 g/mol. The maximum Gasteiger partial charge on any atom is 0.323 e. The first kappa shape index (κ1) is 45.5. The van der Waals surface area contributed by atoms with Gasteiger partial charge in [-0.1, -0.05) is 81.4 Å². The highest BCUT2D eigenvalue weighted by Gasteiger charge is 2.53. The summed E-state index contributed by atoms with van der Waals surface area (Å²) in [5.74, 6) is -5.15. The van der Waals surface area contributed by atoms with Crippen LogP contribution in [0.2, 0.25) is 5.04 Å². The van der Waals surface area contributed by atoms with Crippen LogP contribution in [0.25, 0.3) is 0 Å². The van der Waals surface area contributed by atoms with Crippen LogP contribution in [0.4, 0.5) is 0 Å². The van der Waals surface area contributed by atoms with Gasteiger partial charge in [-0.2, -0.15) is 0 Å². The fourth-order valence-electron chi connectivity index (χ4n) is 5.11. The highest BCUT2D eigenvalue weighted by molar-refractivity contribution is 7.00. The van der Waals surface area contributed by atoms with Gasteiger partial charge in [-0.25, -0.2) is 0 Å². The Balaban J connectivity index is 2.10. The topological polar surface area (TPSA) is 239 Å². The molecule has 0 aliphatic carbocycles. The van der Waals surface area contributed by atoms with Crippen LogP contribution in [-0.2, 0) is 56.9 Å². The van der Waals surface area contributed by atoms with Gasteiger partial charge in [0.1, 0.15) is 25.4 Å². The van der Waals surface area contributed by atoms with Gasteiger partial charge in [0.25, 0.3) is 5.97 Å². The minimum atomic E-state index is -3.26. The van der Waals surface area contributed by atoms with Crippen molar-refractivity contribution in [2.45, 2.75) is 82.6 Å². The third-order valence-corrected chi connectivity index (χ3v) is 12.8. The second-order valence-electron chi connectivity index (χ2n) is 13.1. The van der Waals surface area contributed by atoms with Crippen molar-refractivity contribution in [3.05, 3.63) is 60.7 Å². The van der Waals surface area contributed by atoms with Crippen LogP contribution in [0.3, 0.4) is 0 Å². The van der Waals surface area contributed by atoms with Crippen LogP contribution in [-0.4, -0.2) is 123 Å². The van der Waals surface area contributed by atoms with Gasteiger partial charge in [0, 0.05) is 0 Å². The second-order valence-corrected chi connectivity index (χ2v) is 17.3. The summed E-state index contributed by atoms with van der Waals surface area (Å²) in [6.07, 6.45) is -6.33. The van der Waals surface area contributed by atoms with Gasteiger partial charge in [0.2, 0.25) is 0 Å². The molecule has 0 bridgehead atoms. The van der Waals surface area contributed by atoms with Crippen molar-refractivity contribution in [1.29, 1.82) is 0 Å². The van der Waals surface area contributed by atoms with Crippen LogP contribution >= 0.6 is 0 Å². The molecule has 298 valence electrons. The summed E-state index contributed by atoms with van der Waals surface area (Å²) < 4.78 is 31.6. The van der Waals surface area contributed by atoms with Gasteiger partial charge < -0.3 is 48.5 Å². The SMILES string of the molecule is CC(C)(C)[Si](OC(=O)CCC(=O)OC(COC(=O)CCC(=O)OC(CO)CO)COC(=O)CCC(=O)OC(CO)CO)(c1ccccc1)c1ccccc1. The molecule has 0 aliphatic rings. The predicted octanol–water partition coefficient (Wildman–Crippen LogP) is 0.221. The van der Waals surface area contributed by atoms with E-state index in [1.165, 1.54) is 0 Å². The Morgan fingerprint density at radius 1 is 0.500 bits per heavy atom. The Bertz CT molecular complexity index is 1400. The number of aliphatic hydroxyl groups is 4. The number of hydrogen-bond acceptors (Lipinski definition) is 16. The summed E-state index contributed by atoms with van der Waals surface area (Å²) in [7, 11) is -3.26. The normalized spacial score (nSPS) is 11.6. The average molecular weight is 779 g/mol. The Labute approximate surface area is 314 Å². The lowest BCUT2D eigenvalue weighted by Gasteiger charge is -2.42. The number of benzene rings is 2. The fourth-order valence-corrected chi connectivity index (χ4v) is 9.49. The number of carbonyl (C=O) groups excluding carboxylic acids is 6. The molecule has 0 spiro atoms. The zero-order valence-electron chi connectivity index (χ0n) is 30.7. The zero-order valence-corrected chi connectivity index (χ0v) is 31.7. The van der Waals surface area contributed by atoms with Crippen LogP contribution in [0, 0.1) is 0 Å². The lowest BCUT2D eigenvalue weighted by molar-refractivity contribution is -0.168. The van der Waals surface area contributed by atoms with Gasteiger partial charge >= 0.3 is 38.2 Å². The van der Waals surface area contributed by atoms with Gasteiger partial charge in [0.15, 0.2) is 6.10 Å². The fraction of sp³-hybridized carbons (Fsp3) is 0.514. The van der Waals surface area contributed by atoms with Crippen molar-refractivity contribution in [1.82, 2.24) is 0 Å². The third-order valence-electron chi connectivity index (χ3n) is 7.85. The molecule has 4 N–H and O–H groups in total. The lowest BCUT2D eigenvalue weighted by atomic mass is 10.2. The van der Waals surface area contributed by atoms with E-state index in [2.05, 4.69) is 0 Å². The molecule has 0 aromatic heterocycles. The number of aliphatic hydroxyl groups excluding tert-OH is 4. The number of carbonyl (C=O) groups is 6. The van der Waals surface area contributed by atoms with Crippen molar-refractivity contribution in [2.24, 2.45) is 0 Å². The molecule has 0 saturated heterocycles. The highest BCUT2D eigenvalue weighted by Crippen LogP contribution is 2.37. The van der Waals surface area contributed by atoms with Gasteiger partial charge in [-0.05, 0) is 15.4 Å². The Morgan fingerprint density at radius 3 is 1.15 bits per heavy atom. The van der Waals surface area contributed by atoms with Crippen LogP contribution in [0.15, 0.2) is 60.7 Å². The Morgan fingerprint density at radius 2 is 0.815 bits per heavy atom. The monoisotopic (exact) mass is 778 g/mol. The molecule has 0 saturated carbocycles. The van der Waals surface area contributed by atoms with Crippen molar-refractivity contribution in [3.8, 4) is 0 Å². The highest BCUT2D eigenvalue weighted by atomic mass is 28.4. The molecule has 2 rings (SSSR count). The number of ether oxygens (including phenoxy) is 5. The smallest absolute Gasteiger partial charge is 0.323 e. The van der Waals surface area contributed by atoms with E-state index in [1.807, 2.05) is 81.4 Å². The lowest BCUT2D eigenvalue weighted by Crippen LogP contribution is -2.67. The molecule has 2 aromatic rings. The first-order valence-corrected chi connectivity index (χ1v) is 19.3. The van der Waals surface area contributed by atoms with Gasteiger partial charge in [-0.3, -0.25) is 28.8 Å². The molecule has 2 aromatic carbocycles. The van der Waals surface area contributed by atoms with E-state index in [9.17, 15) is 28.8 Å². The van der Waals surface area contributed by atoms with Gasteiger partial charge in [-0.15, -0.1) is 0 Å². The Kier molecular flexibility index (Phi) is 19.5. The predicted molar refractivity (Wildman–Crippen MR) is 191 cm³/mol. The Hall–Kier alpha value is -4.68. The molecule has 0 heterocycles. The summed E-state index contributed by atoms with van der Waals surface area (Å²) in [4.78, 5) is 75.0. The molecule has 0 fully saturated rings. The maximum atomic E-state index is 13.5. The molecule has 0 unspecified atom stereocenters. The van der Waals surface area contributed by atoms with E-state index in [-0.39, 0.29) is 6.42 Å². The quantitative estimate of drug-likeness (QED) is 0.0671. The summed E-state index contributed by atoms with van der Waals surface area (Å²) in [6.45, 7) is 2.24. The molecule has 54 heavy (non-hydrogen) atoms. The van der Waals surface area contributed by atoms with Gasteiger partial charge in [0.05, 0.1) is 65.0 Å². The number of esters is 5. The molecular formula is C37H50O16Si. The van der Waals surface area contributed by atoms with Crippen molar-refractivity contribution < 1.29 is 77.3 Å². The minimum absolute atomic E-state index is 0.370.